The average Bonchev–Trinajstić information content (AvgIpc) is 2.95. The third kappa shape index (κ3) is 3.12. The van der Waals surface area contributed by atoms with Crippen molar-refractivity contribution in [2.45, 2.75) is 19.3 Å². The Hall–Kier alpha value is 0.230. The fraction of sp³-hybridized carbons (Fsp3) is 0.455. The molecule has 76 valence electrons. The molecule has 0 bridgehead atoms. The zero-order valence-electron chi connectivity index (χ0n) is 7.89. The van der Waals surface area contributed by atoms with Gasteiger partial charge in [0.25, 0.3) is 0 Å². The van der Waals surface area contributed by atoms with Crippen LogP contribution in [-0.4, -0.2) is 6.54 Å². The summed E-state index contributed by atoms with van der Waals surface area (Å²) in [7, 11) is 0. The van der Waals surface area contributed by atoms with Gasteiger partial charge >= 0.3 is 0 Å². The van der Waals surface area contributed by atoms with Crippen molar-refractivity contribution in [3.05, 3.63) is 26.2 Å². The summed E-state index contributed by atoms with van der Waals surface area (Å²) < 4.78 is 2.44. The predicted octanol–water partition coefficient (Wildman–Crippen LogP) is 4.27. The molecule has 0 aromatic heterocycles. The van der Waals surface area contributed by atoms with Gasteiger partial charge in [0.2, 0.25) is 0 Å². The van der Waals surface area contributed by atoms with Gasteiger partial charge in [0.15, 0.2) is 0 Å². The smallest absolute Gasteiger partial charge is 0.0487 e. The van der Waals surface area contributed by atoms with Crippen LogP contribution >= 0.6 is 38.5 Å². The van der Waals surface area contributed by atoms with Gasteiger partial charge in [-0.25, -0.2) is 0 Å². The number of benzene rings is 1. The predicted molar refractivity (Wildman–Crippen MR) is 72.7 cm³/mol. The Labute approximate surface area is 107 Å². The molecule has 1 N–H and O–H groups in total. The lowest BCUT2D eigenvalue weighted by atomic mass is 10.2. The maximum Gasteiger partial charge on any atom is 0.0487 e. The standard InChI is InChI=1S/C11H13BrIN/c12-9-3-4-10(13)11(7-9)14-6-5-8-1-2-8/h3-4,7-8,14H,1-2,5-6H2. The van der Waals surface area contributed by atoms with Crippen LogP contribution in [0.2, 0.25) is 0 Å². The number of anilines is 1. The second-order valence-corrected chi connectivity index (χ2v) is 5.86. The summed E-state index contributed by atoms with van der Waals surface area (Å²) in [6.07, 6.45) is 4.21. The van der Waals surface area contributed by atoms with E-state index in [9.17, 15) is 0 Å². The number of hydrogen-bond acceptors (Lipinski definition) is 1. The van der Waals surface area contributed by atoms with E-state index in [0.717, 1.165) is 16.9 Å². The zero-order chi connectivity index (χ0) is 9.97. The molecule has 1 nitrogen and oxygen atoms in total. The van der Waals surface area contributed by atoms with Crippen molar-refractivity contribution in [1.29, 1.82) is 0 Å². The van der Waals surface area contributed by atoms with Gasteiger partial charge in [0, 0.05) is 20.3 Å². The van der Waals surface area contributed by atoms with Gasteiger partial charge < -0.3 is 5.32 Å². The van der Waals surface area contributed by atoms with Crippen molar-refractivity contribution >= 4 is 44.2 Å². The number of rotatable bonds is 4. The Bertz CT molecular complexity index is 323. The van der Waals surface area contributed by atoms with E-state index < -0.39 is 0 Å². The average molecular weight is 366 g/mol. The molecule has 3 heteroatoms. The second-order valence-electron chi connectivity index (χ2n) is 3.78. The minimum atomic E-state index is 1.01. The van der Waals surface area contributed by atoms with Crippen molar-refractivity contribution in [2.75, 3.05) is 11.9 Å². The lowest BCUT2D eigenvalue weighted by Crippen LogP contribution is -2.03. The third-order valence-electron chi connectivity index (χ3n) is 2.49. The summed E-state index contributed by atoms with van der Waals surface area (Å²) in [5, 5.41) is 3.49. The van der Waals surface area contributed by atoms with E-state index in [4.69, 9.17) is 0 Å². The fourth-order valence-corrected chi connectivity index (χ4v) is 2.34. The summed E-state index contributed by atoms with van der Waals surface area (Å²) in [6.45, 7) is 1.11. The molecule has 0 aliphatic heterocycles. The maximum absolute atomic E-state index is 3.49. The molecule has 1 aromatic carbocycles. The Morgan fingerprint density at radius 3 is 2.93 bits per heavy atom. The zero-order valence-corrected chi connectivity index (χ0v) is 11.6. The summed E-state index contributed by atoms with van der Waals surface area (Å²) in [6, 6.07) is 6.35. The number of hydrogen-bond donors (Lipinski definition) is 1. The van der Waals surface area contributed by atoms with Crippen LogP contribution in [0.25, 0.3) is 0 Å². The Morgan fingerprint density at radius 2 is 2.21 bits per heavy atom. The maximum atomic E-state index is 3.49. The Morgan fingerprint density at radius 1 is 1.43 bits per heavy atom. The molecule has 1 aromatic rings. The van der Waals surface area contributed by atoms with Crippen LogP contribution in [0.3, 0.4) is 0 Å². The quantitative estimate of drug-likeness (QED) is 0.786. The molecule has 14 heavy (non-hydrogen) atoms. The van der Waals surface area contributed by atoms with E-state index in [2.05, 4.69) is 62.0 Å². The topological polar surface area (TPSA) is 12.0 Å². The van der Waals surface area contributed by atoms with E-state index in [-0.39, 0.29) is 0 Å². The fourth-order valence-electron chi connectivity index (χ4n) is 1.45. The highest BCUT2D eigenvalue weighted by molar-refractivity contribution is 14.1. The van der Waals surface area contributed by atoms with E-state index in [1.807, 2.05) is 0 Å². The van der Waals surface area contributed by atoms with Crippen molar-refractivity contribution in [3.63, 3.8) is 0 Å². The molecule has 0 unspecified atom stereocenters. The molecule has 0 spiro atoms. The monoisotopic (exact) mass is 365 g/mol. The molecule has 0 atom stereocenters. The SMILES string of the molecule is Brc1ccc(I)c(NCCC2CC2)c1. The van der Waals surface area contributed by atoms with E-state index in [0.29, 0.717) is 0 Å². The van der Waals surface area contributed by atoms with E-state index >= 15 is 0 Å². The van der Waals surface area contributed by atoms with Gasteiger partial charge in [-0.15, -0.1) is 0 Å². The van der Waals surface area contributed by atoms with Crippen LogP contribution in [0.1, 0.15) is 19.3 Å². The van der Waals surface area contributed by atoms with Gasteiger partial charge in [0.05, 0.1) is 0 Å². The molecule has 0 amide bonds. The van der Waals surface area contributed by atoms with Crippen LogP contribution in [0, 0.1) is 9.49 Å². The van der Waals surface area contributed by atoms with E-state index in [1.165, 1.54) is 28.5 Å². The van der Waals surface area contributed by atoms with Crippen LogP contribution in [0.4, 0.5) is 5.69 Å². The summed E-state index contributed by atoms with van der Waals surface area (Å²) in [5.41, 5.74) is 1.25. The molecular weight excluding hydrogens is 353 g/mol. The van der Waals surface area contributed by atoms with Crippen molar-refractivity contribution < 1.29 is 0 Å². The highest BCUT2D eigenvalue weighted by Crippen LogP contribution is 2.32. The Kier molecular flexibility index (Phi) is 3.71. The van der Waals surface area contributed by atoms with Crippen molar-refractivity contribution in [1.82, 2.24) is 0 Å². The first-order valence-electron chi connectivity index (χ1n) is 4.94. The minimum absolute atomic E-state index is 1.01. The first-order valence-corrected chi connectivity index (χ1v) is 6.82. The van der Waals surface area contributed by atoms with Gasteiger partial charge in [-0.05, 0) is 53.1 Å². The van der Waals surface area contributed by atoms with Crippen molar-refractivity contribution in [2.24, 2.45) is 5.92 Å². The van der Waals surface area contributed by atoms with Gasteiger partial charge in [-0.3, -0.25) is 0 Å². The number of halogens is 2. The summed E-state index contributed by atoms with van der Waals surface area (Å²) in [4.78, 5) is 0. The van der Waals surface area contributed by atoms with Crippen LogP contribution in [-0.2, 0) is 0 Å². The molecule has 0 heterocycles. The van der Waals surface area contributed by atoms with E-state index in [1.54, 1.807) is 0 Å². The summed E-state index contributed by atoms with van der Waals surface area (Å²) in [5.74, 6) is 1.01. The minimum Gasteiger partial charge on any atom is -0.384 e. The van der Waals surface area contributed by atoms with Crippen LogP contribution in [0.15, 0.2) is 22.7 Å². The molecule has 0 radical (unpaired) electrons. The van der Waals surface area contributed by atoms with Gasteiger partial charge in [-0.1, -0.05) is 28.8 Å². The Balaban J connectivity index is 1.89. The highest BCUT2D eigenvalue weighted by Gasteiger charge is 2.20. The molecule has 0 saturated heterocycles. The lowest BCUT2D eigenvalue weighted by molar-refractivity contribution is 0.760. The van der Waals surface area contributed by atoms with Gasteiger partial charge in [0.1, 0.15) is 0 Å². The lowest BCUT2D eigenvalue weighted by Gasteiger charge is -2.08. The largest absolute Gasteiger partial charge is 0.384 e. The van der Waals surface area contributed by atoms with Crippen LogP contribution < -0.4 is 5.32 Å². The normalized spacial score (nSPS) is 15.6. The first kappa shape index (κ1) is 10.7. The number of nitrogens with one attached hydrogen (secondary N) is 1. The first-order chi connectivity index (χ1) is 6.75. The third-order valence-corrected chi connectivity index (χ3v) is 3.93. The molecule has 1 aliphatic carbocycles. The molecule has 1 fully saturated rings. The summed E-state index contributed by atoms with van der Waals surface area (Å²) >= 11 is 5.85. The highest BCUT2D eigenvalue weighted by atomic mass is 127. The van der Waals surface area contributed by atoms with Crippen molar-refractivity contribution in [3.8, 4) is 0 Å². The molecule has 1 aliphatic rings. The molecule has 1 saturated carbocycles. The van der Waals surface area contributed by atoms with Crippen LogP contribution in [0.5, 0.6) is 0 Å². The second kappa shape index (κ2) is 4.84. The van der Waals surface area contributed by atoms with Gasteiger partial charge in [-0.2, -0.15) is 0 Å². The molecular formula is C11H13BrIN. The molecule has 2 rings (SSSR count).